The lowest BCUT2D eigenvalue weighted by Gasteiger charge is -2.14. The normalized spacial score (nSPS) is 13.4. The molecule has 9 heteroatoms. The van der Waals surface area contributed by atoms with E-state index in [2.05, 4.69) is 62.9 Å². The highest BCUT2D eigenvalue weighted by molar-refractivity contribution is 7.15. The van der Waals surface area contributed by atoms with Crippen LogP contribution in [0.1, 0.15) is 77.3 Å². The van der Waals surface area contributed by atoms with Crippen molar-refractivity contribution < 1.29 is 13.6 Å². The summed E-state index contributed by atoms with van der Waals surface area (Å²) in [6.07, 6.45) is 9.27. The summed E-state index contributed by atoms with van der Waals surface area (Å²) in [5.74, 6) is -1.21. The first kappa shape index (κ1) is 36.2. The van der Waals surface area contributed by atoms with Crippen molar-refractivity contribution in [1.82, 2.24) is 15.6 Å². The van der Waals surface area contributed by atoms with Gasteiger partial charge < -0.3 is 10.6 Å². The number of hydrogen-bond donors (Lipinski definition) is 2. The van der Waals surface area contributed by atoms with Crippen LogP contribution in [-0.4, -0.2) is 23.3 Å². The number of carbonyl (C=O) groups excluding carboxylic acids is 1. The Morgan fingerprint density at radius 2 is 1.80 bits per heavy atom. The first-order valence-corrected chi connectivity index (χ1v) is 16.4. The Morgan fingerprint density at radius 3 is 2.48 bits per heavy atom. The standard InChI is InChI=1S/C37H45F2N5OS/c1-9-24(5)15-16-40-36(27(8)37(45)44-20-28-11-13-31(38)32(39)17-28)43-21-29-12-14-35(46-29)33-18-30(26(7)23(3)4)34(22-42-33)41-19-25(6)10-2/h11-19,22-23,25,43H,7,9-10,20-21H2,1-6,8H3,(H,44,45)/b24-15+,36-27-,40-16-,41-19?. The zero-order valence-corrected chi connectivity index (χ0v) is 28.7. The molecule has 3 rings (SSSR count). The van der Waals surface area contributed by atoms with Gasteiger partial charge in [-0.3, -0.25) is 14.8 Å². The van der Waals surface area contributed by atoms with E-state index in [1.54, 1.807) is 24.5 Å². The van der Waals surface area contributed by atoms with Crippen molar-refractivity contribution in [3.63, 3.8) is 0 Å². The number of allylic oxidation sites excluding steroid dienone is 3. The fourth-order valence-electron chi connectivity index (χ4n) is 4.05. The second kappa shape index (κ2) is 17.5. The van der Waals surface area contributed by atoms with Crippen molar-refractivity contribution in [1.29, 1.82) is 0 Å². The molecule has 0 fully saturated rings. The molecule has 0 spiro atoms. The average Bonchev–Trinajstić information content (AvgIpc) is 3.53. The molecule has 0 bridgehead atoms. The monoisotopic (exact) mass is 645 g/mol. The highest BCUT2D eigenvalue weighted by Gasteiger charge is 2.15. The van der Waals surface area contributed by atoms with Crippen LogP contribution in [0.4, 0.5) is 14.5 Å². The van der Waals surface area contributed by atoms with Crippen LogP contribution in [0, 0.1) is 23.5 Å². The summed E-state index contributed by atoms with van der Waals surface area (Å²) in [6, 6.07) is 9.68. The molecule has 2 heterocycles. The number of hydrogen-bond acceptors (Lipinski definition) is 6. The van der Waals surface area contributed by atoms with E-state index in [9.17, 15) is 13.6 Å². The van der Waals surface area contributed by atoms with E-state index >= 15 is 0 Å². The average molecular weight is 646 g/mol. The van der Waals surface area contributed by atoms with Crippen LogP contribution in [0.25, 0.3) is 16.1 Å². The lowest BCUT2D eigenvalue weighted by Crippen LogP contribution is -2.26. The van der Waals surface area contributed by atoms with Crippen LogP contribution in [0.5, 0.6) is 0 Å². The minimum atomic E-state index is -0.957. The van der Waals surface area contributed by atoms with Gasteiger partial charge in [0, 0.05) is 29.4 Å². The maximum Gasteiger partial charge on any atom is 0.250 e. The minimum Gasteiger partial charge on any atom is -0.365 e. The van der Waals surface area contributed by atoms with E-state index in [1.807, 2.05) is 37.5 Å². The number of thiophene rings is 1. The molecule has 1 amide bonds. The van der Waals surface area contributed by atoms with Gasteiger partial charge in [-0.2, -0.15) is 0 Å². The number of aliphatic imine (C=N–C) groups is 2. The van der Waals surface area contributed by atoms with E-state index < -0.39 is 11.6 Å². The van der Waals surface area contributed by atoms with E-state index in [1.165, 1.54) is 6.07 Å². The van der Waals surface area contributed by atoms with Gasteiger partial charge >= 0.3 is 0 Å². The molecule has 1 atom stereocenters. The van der Waals surface area contributed by atoms with Crippen molar-refractivity contribution in [3.05, 3.63) is 99.9 Å². The van der Waals surface area contributed by atoms with Gasteiger partial charge in [0.05, 0.1) is 34.6 Å². The number of rotatable bonds is 15. The first-order chi connectivity index (χ1) is 21.9. The van der Waals surface area contributed by atoms with Crippen molar-refractivity contribution in [2.75, 3.05) is 0 Å². The number of carbonyl (C=O) groups is 1. The van der Waals surface area contributed by atoms with Crippen LogP contribution in [0.2, 0.25) is 0 Å². The van der Waals surface area contributed by atoms with Gasteiger partial charge in [-0.1, -0.05) is 52.8 Å². The fourth-order valence-corrected chi connectivity index (χ4v) is 4.97. The number of nitrogens with zero attached hydrogens (tertiary/aromatic N) is 3. The summed E-state index contributed by atoms with van der Waals surface area (Å²) >= 11 is 1.60. The van der Waals surface area contributed by atoms with Crippen LogP contribution < -0.4 is 10.6 Å². The first-order valence-electron chi connectivity index (χ1n) is 15.6. The summed E-state index contributed by atoms with van der Waals surface area (Å²) in [5, 5.41) is 6.08. The largest absolute Gasteiger partial charge is 0.365 e. The molecule has 0 aliphatic heterocycles. The lowest BCUT2D eigenvalue weighted by molar-refractivity contribution is -0.117. The van der Waals surface area contributed by atoms with E-state index in [4.69, 9.17) is 9.98 Å². The molecule has 3 aromatic rings. The number of aromatic nitrogens is 1. The molecule has 0 saturated heterocycles. The smallest absolute Gasteiger partial charge is 0.250 e. The predicted octanol–water partition coefficient (Wildman–Crippen LogP) is 9.57. The van der Waals surface area contributed by atoms with Crippen LogP contribution in [0.15, 0.2) is 82.2 Å². The molecular weight excluding hydrogens is 601 g/mol. The van der Waals surface area contributed by atoms with Crippen LogP contribution >= 0.6 is 11.3 Å². The van der Waals surface area contributed by atoms with Crippen LogP contribution in [-0.2, 0) is 17.9 Å². The molecule has 0 radical (unpaired) electrons. The number of amides is 1. The third kappa shape index (κ3) is 10.4. The Hall–Kier alpha value is -4.24. The molecule has 0 aliphatic carbocycles. The maximum absolute atomic E-state index is 13.6. The summed E-state index contributed by atoms with van der Waals surface area (Å²) in [4.78, 5) is 29.1. The molecule has 0 saturated carbocycles. The van der Waals surface area contributed by atoms with Gasteiger partial charge in [-0.05, 0) is 86.1 Å². The molecule has 46 heavy (non-hydrogen) atoms. The zero-order chi connectivity index (χ0) is 33.8. The Bertz CT molecular complexity index is 1650. The topological polar surface area (TPSA) is 78.7 Å². The predicted molar refractivity (Wildman–Crippen MR) is 189 cm³/mol. The third-order valence-electron chi connectivity index (χ3n) is 7.64. The lowest BCUT2D eigenvalue weighted by atomic mass is 9.96. The Balaban J connectivity index is 1.83. The van der Waals surface area contributed by atoms with Gasteiger partial charge in [-0.15, -0.1) is 11.3 Å². The summed E-state index contributed by atoms with van der Waals surface area (Å²) in [6.45, 7) is 19.1. The van der Waals surface area contributed by atoms with Gasteiger partial charge in [0.15, 0.2) is 11.6 Å². The van der Waals surface area contributed by atoms with Gasteiger partial charge in [0.2, 0.25) is 0 Å². The van der Waals surface area contributed by atoms with Gasteiger partial charge in [0.25, 0.3) is 5.91 Å². The fraction of sp³-hybridized carbons (Fsp3) is 0.351. The van der Waals surface area contributed by atoms with Crippen molar-refractivity contribution in [3.8, 4) is 10.6 Å². The number of benzene rings is 1. The second-order valence-corrected chi connectivity index (χ2v) is 12.8. The number of pyridine rings is 1. The molecule has 2 aromatic heterocycles. The Kier molecular flexibility index (Phi) is 13.7. The summed E-state index contributed by atoms with van der Waals surface area (Å²) in [5.41, 5.74) is 5.64. The van der Waals surface area contributed by atoms with Gasteiger partial charge in [-0.25, -0.2) is 13.8 Å². The second-order valence-electron chi connectivity index (χ2n) is 11.6. The molecule has 6 nitrogen and oxygen atoms in total. The number of nitrogens with one attached hydrogen (secondary N) is 2. The summed E-state index contributed by atoms with van der Waals surface area (Å²) in [7, 11) is 0. The SMILES string of the molecule is C=C(c1cc(-c2ccc(CNC(/N=C\C=C(/C)CC)=C(/C)C(=O)NCc3ccc(F)c(F)c3)s2)ncc1N=CC(C)CC)C(C)C. The van der Waals surface area contributed by atoms with E-state index in [0.29, 0.717) is 29.4 Å². The van der Waals surface area contributed by atoms with E-state index in [0.717, 1.165) is 62.8 Å². The molecule has 244 valence electrons. The van der Waals surface area contributed by atoms with E-state index in [-0.39, 0.29) is 18.4 Å². The van der Waals surface area contributed by atoms with Crippen molar-refractivity contribution in [2.45, 2.75) is 74.4 Å². The molecule has 0 aliphatic rings. The third-order valence-corrected chi connectivity index (χ3v) is 8.74. The van der Waals surface area contributed by atoms with Gasteiger partial charge in [0.1, 0.15) is 5.82 Å². The van der Waals surface area contributed by atoms with Crippen molar-refractivity contribution in [2.24, 2.45) is 21.8 Å². The summed E-state index contributed by atoms with van der Waals surface area (Å²) < 4.78 is 26.9. The highest BCUT2D eigenvalue weighted by atomic mass is 32.1. The minimum absolute atomic E-state index is 0.0491. The highest BCUT2D eigenvalue weighted by Crippen LogP contribution is 2.35. The Labute approximate surface area is 276 Å². The molecular formula is C37H45F2N5OS. The Morgan fingerprint density at radius 1 is 1.04 bits per heavy atom. The zero-order valence-electron chi connectivity index (χ0n) is 27.9. The number of halogens is 2. The maximum atomic E-state index is 13.6. The molecule has 1 unspecified atom stereocenters. The quantitative estimate of drug-likeness (QED) is 0.128. The van der Waals surface area contributed by atoms with Crippen LogP contribution in [0.3, 0.4) is 0 Å². The van der Waals surface area contributed by atoms with Crippen molar-refractivity contribution >= 4 is 40.9 Å². The molecule has 2 N–H and O–H groups in total. The molecule has 1 aromatic carbocycles.